The number of benzene rings is 2. The molecule has 1 aliphatic heterocycles. The standard InChI is InChI=1S/C23H26F3N3O2S/c1-16-7-8-17(2)20(13-16)32-15-22(31)29-11-9-28(10-12-29)14-21(30)27-19-6-4-3-5-18(19)23(24,25)26/h3-8,13H,9-12,14-15H2,1-2H3,(H,27,30). The number of rotatable bonds is 6. The Hall–Kier alpha value is -2.52. The Morgan fingerprint density at radius 2 is 1.72 bits per heavy atom. The van der Waals surface area contributed by atoms with E-state index in [1.807, 2.05) is 30.9 Å². The number of carbonyl (C=O) groups excluding carboxylic acids is 2. The summed E-state index contributed by atoms with van der Waals surface area (Å²) in [7, 11) is 0. The number of nitrogens with one attached hydrogen (secondary N) is 1. The highest BCUT2D eigenvalue weighted by molar-refractivity contribution is 8.00. The molecule has 2 amide bonds. The number of hydrogen-bond acceptors (Lipinski definition) is 4. The topological polar surface area (TPSA) is 52.7 Å². The van der Waals surface area contributed by atoms with E-state index in [0.717, 1.165) is 22.1 Å². The molecule has 1 aliphatic rings. The molecule has 0 saturated carbocycles. The first-order valence-corrected chi connectivity index (χ1v) is 11.3. The van der Waals surface area contributed by atoms with Crippen LogP contribution in [0.25, 0.3) is 0 Å². The Bertz CT molecular complexity index is 973. The third kappa shape index (κ3) is 6.49. The minimum atomic E-state index is -4.54. The van der Waals surface area contributed by atoms with E-state index < -0.39 is 17.6 Å². The van der Waals surface area contributed by atoms with Gasteiger partial charge in [-0.1, -0.05) is 29.8 Å². The first-order chi connectivity index (χ1) is 15.1. The minimum absolute atomic E-state index is 0.0224. The van der Waals surface area contributed by atoms with Gasteiger partial charge in [0, 0.05) is 31.1 Å². The Labute approximate surface area is 190 Å². The van der Waals surface area contributed by atoms with Crippen LogP contribution in [0.5, 0.6) is 0 Å². The molecule has 172 valence electrons. The number of hydrogen-bond donors (Lipinski definition) is 1. The van der Waals surface area contributed by atoms with Crippen molar-refractivity contribution in [1.82, 2.24) is 9.80 Å². The Morgan fingerprint density at radius 3 is 2.41 bits per heavy atom. The van der Waals surface area contributed by atoms with Gasteiger partial charge in [0.25, 0.3) is 0 Å². The first-order valence-electron chi connectivity index (χ1n) is 10.3. The molecule has 2 aromatic carbocycles. The maximum Gasteiger partial charge on any atom is 0.418 e. The van der Waals surface area contributed by atoms with Crippen molar-refractivity contribution in [3.8, 4) is 0 Å². The summed E-state index contributed by atoms with van der Waals surface area (Å²) in [6.07, 6.45) is -4.54. The van der Waals surface area contributed by atoms with Gasteiger partial charge in [-0.05, 0) is 37.6 Å². The lowest BCUT2D eigenvalue weighted by atomic mass is 10.1. The van der Waals surface area contributed by atoms with Crippen LogP contribution in [0.2, 0.25) is 0 Å². The van der Waals surface area contributed by atoms with Crippen LogP contribution < -0.4 is 5.32 Å². The highest BCUT2D eigenvalue weighted by Gasteiger charge is 2.33. The summed E-state index contributed by atoms with van der Waals surface area (Å²) in [5, 5.41) is 2.36. The van der Waals surface area contributed by atoms with Gasteiger partial charge in [-0.15, -0.1) is 11.8 Å². The summed E-state index contributed by atoms with van der Waals surface area (Å²) in [6.45, 7) is 5.97. The Balaban J connectivity index is 1.46. The van der Waals surface area contributed by atoms with Crippen molar-refractivity contribution in [2.24, 2.45) is 0 Å². The molecule has 1 fully saturated rings. The summed E-state index contributed by atoms with van der Waals surface area (Å²) < 4.78 is 39.3. The van der Waals surface area contributed by atoms with Crippen LogP contribution in [0.4, 0.5) is 18.9 Å². The number of piperazine rings is 1. The first kappa shape index (κ1) is 24.1. The van der Waals surface area contributed by atoms with Crippen LogP contribution >= 0.6 is 11.8 Å². The van der Waals surface area contributed by atoms with Gasteiger partial charge in [0.2, 0.25) is 11.8 Å². The molecule has 5 nitrogen and oxygen atoms in total. The molecule has 0 bridgehead atoms. The van der Waals surface area contributed by atoms with Crippen molar-refractivity contribution in [2.45, 2.75) is 24.9 Å². The van der Waals surface area contributed by atoms with E-state index in [1.54, 1.807) is 4.90 Å². The largest absolute Gasteiger partial charge is 0.418 e. The van der Waals surface area contributed by atoms with E-state index in [0.29, 0.717) is 31.9 Å². The van der Waals surface area contributed by atoms with Crippen molar-refractivity contribution < 1.29 is 22.8 Å². The summed E-state index contributed by atoms with van der Waals surface area (Å²) in [5.74, 6) is -0.120. The van der Waals surface area contributed by atoms with Gasteiger partial charge in [0.1, 0.15) is 0 Å². The fraction of sp³-hybridized carbons (Fsp3) is 0.391. The van der Waals surface area contributed by atoms with E-state index in [2.05, 4.69) is 11.4 Å². The van der Waals surface area contributed by atoms with Crippen LogP contribution in [0.1, 0.15) is 16.7 Å². The molecule has 0 radical (unpaired) electrons. The van der Waals surface area contributed by atoms with Crippen molar-refractivity contribution >= 4 is 29.3 Å². The van der Waals surface area contributed by atoms with Crippen LogP contribution in [0.3, 0.4) is 0 Å². The zero-order chi connectivity index (χ0) is 23.3. The molecule has 0 spiro atoms. The quantitative estimate of drug-likeness (QED) is 0.650. The van der Waals surface area contributed by atoms with E-state index in [1.165, 1.54) is 30.0 Å². The van der Waals surface area contributed by atoms with E-state index in [9.17, 15) is 22.8 Å². The maximum absolute atomic E-state index is 13.1. The average molecular weight is 466 g/mol. The zero-order valence-electron chi connectivity index (χ0n) is 18.0. The number of carbonyl (C=O) groups is 2. The van der Waals surface area contributed by atoms with Gasteiger partial charge in [0.05, 0.1) is 23.5 Å². The SMILES string of the molecule is Cc1ccc(C)c(SCC(=O)N2CCN(CC(=O)Nc3ccccc3C(F)(F)F)CC2)c1. The van der Waals surface area contributed by atoms with Gasteiger partial charge in [-0.25, -0.2) is 0 Å². The van der Waals surface area contributed by atoms with Crippen LogP contribution in [0.15, 0.2) is 47.4 Å². The highest BCUT2D eigenvalue weighted by Crippen LogP contribution is 2.34. The molecule has 0 atom stereocenters. The number of aryl methyl sites for hydroxylation is 2. The molecule has 0 unspecified atom stereocenters. The molecular formula is C23H26F3N3O2S. The molecule has 0 aliphatic carbocycles. The molecule has 9 heteroatoms. The van der Waals surface area contributed by atoms with Crippen LogP contribution in [-0.4, -0.2) is 60.1 Å². The number of amides is 2. The fourth-order valence-corrected chi connectivity index (χ4v) is 4.51. The summed E-state index contributed by atoms with van der Waals surface area (Å²) in [5.41, 5.74) is 1.17. The van der Waals surface area contributed by atoms with Gasteiger partial charge < -0.3 is 10.2 Å². The second kappa shape index (κ2) is 10.4. The van der Waals surface area contributed by atoms with Crippen molar-refractivity contribution in [3.05, 3.63) is 59.2 Å². The fourth-order valence-electron chi connectivity index (χ4n) is 3.48. The summed E-state index contributed by atoms with van der Waals surface area (Å²) >= 11 is 1.52. The van der Waals surface area contributed by atoms with Gasteiger partial charge >= 0.3 is 6.18 Å². The molecule has 3 rings (SSSR count). The molecule has 32 heavy (non-hydrogen) atoms. The number of anilines is 1. The van der Waals surface area contributed by atoms with Crippen LogP contribution in [-0.2, 0) is 15.8 Å². The third-order valence-corrected chi connectivity index (χ3v) is 6.44. The minimum Gasteiger partial charge on any atom is -0.339 e. The second-order valence-corrected chi connectivity index (χ2v) is 8.82. The molecular weight excluding hydrogens is 439 g/mol. The predicted molar refractivity (Wildman–Crippen MR) is 120 cm³/mol. The van der Waals surface area contributed by atoms with Crippen molar-refractivity contribution in [1.29, 1.82) is 0 Å². The maximum atomic E-state index is 13.1. The van der Waals surface area contributed by atoms with Gasteiger partial charge in [-0.3, -0.25) is 14.5 Å². The van der Waals surface area contributed by atoms with Crippen molar-refractivity contribution in [3.63, 3.8) is 0 Å². The van der Waals surface area contributed by atoms with Crippen molar-refractivity contribution in [2.75, 3.05) is 43.8 Å². The van der Waals surface area contributed by atoms with E-state index in [-0.39, 0.29) is 18.1 Å². The van der Waals surface area contributed by atoms with Gasteiger partial charge in [0.15, 0.2) is 0 Å². The average Bonchev–Trinajstić information content (AvgIpc) is 2.74. The second-order valence-electron chi connectivity index (χ2n) is 7.81. The van der Waals surface area contributed by atoms with Crippen LogP contribution in [0, 0.1) is 13.8 Å². The normalized spacial score (nSPS) is 15.0. The molecule has 2 aromatic rings. The lowest BCUT2D eigenvalue weighted by molar-refractivity contribution is -0.137. The molecule has 1 heterocycles. The monoisotopic (exact) mass is 465 g/mol. The number of nitrogens with zero attached hydrogens (tertiary/aromatic N) is 2. The number of halogens is 3. The molecule has 0 aromatic heterocycles. The molecule has 1 saturated heterocycles. The Kier molecular flexibility index (Phi) is 7.84. The highest BCUT2D eigenvalue weighted by atomic mass is 32.2. The van der Waals surface area contributed by atoms with Gasteiger partial charge in [-0.2, -0.15) is 13.2 Å². The molecule has 1 N–H and O–H groups in total. The third-order valence-electron chi connectivity index (χ3n) is 5.29. The number of alkyl halides is 3. The lowest BCUT2D eigenvalue weighted by Gasteiger charge is -2.34. The number of para-hydroxylation sites is 1. The smallest absolute Gasteiger partial charge is 0.339 e. The lowest BCUT2D eigenvalue weighted by Crippen LogP contribution is -2.50. The number of thioether (sulfide) groups is 1. The Morgan fingerprint density at radius 1 is 1.03 bits per heavy atom. The summed E-state index contributed by atoms with van der Waals surface area (Å²) in [6, 6.07) is 11.1. The van der Waals surface area contributed by atoms with E-state index in [4.69, 9.17) is 0 Å². The van der Waals surface area contributed by atoms with E-state index >= 15 is 0 Å². The zero-order valence-corrected chi connectivity index (χ0v) is 18.9. The predicted octanol–water partition coefficient (Wildman–Crippen LogP) is 4.20. The summed E-state index contributed by atoms with van der Waals surface area (Å²) in [4.78, 5) is 29.6.